The molecule has 146 valence electrons. The lowest BCUT2D eigenvalue weighted by Gasteiger charge is -2.31. The van der Waals surface area contributed by atoms with Gasteiger partial charge < -0.3 is 10.2 Å². The van der Waals surface area contributed by atoms with E-state index in [1.165, 1.54) is 17.5 Å². The van der Waals surface area contributed by atoms with Crippen LogP contribution >= 0.6 is 24.0 Å². The standard InChI is InChI=1S/C21H24N6.HI/c1-2-22-21(27-11-10-17-7-3-4-8-19(17)14-27)23-13-16-6-5-9-18(12-16)20-24-15-25-26-20;/h3-9,12,15H,2,10-11,13-14H2,1H3,(H,22,23)(H,24,25,26);1H. The van der Waals surface area contributed by atoms with E-state index in [0.29, 0.717) is 6.54 Å². The fourth-order valence-corrected chi connectivity index (χ4v) is 3.43. The lowest BCUT2D eigenvalue weighted by Crippen LogP contribution is -2.44. The average Bonchev–Trinajstić information content (AvgIpc) is 3.26. The van der Waals surface area contributed by atoms with Crippen molar-refractivity contribution >= 4 is 29.9 Å². The molecule has 0 amide bonds. The van der Waals surface area contributed by atoms with Crippen LogP contribution in [0.5, 0.6) is 0 Å². The number of guanidine groups is 1. The minimum atomic E-state index is 0. The molecule has 2 heterocycles. The molecule has 0 unspecified atom stereocenters. The van der Waals surface area contributed by atoms with Gasteiger partial charge in [0.1, 0.15) is 6.33 Å². The first-order chi connectivity index (χ1) is 13.3. The molecule has 1 aliphatic rings. The highest BCUT2D eigenvalue weighted by molar-refractivity contribution is 14.0. The van der Waals surface area contributed by atoms with E-state index in [9.17, 15) is 0 Å². The Labute approximate surface area is 182 Å². The highest BCUT2D eigenvalue weighted by atomic mass is 127. The third-order valence-electron chi connectivity index (χ3n) is 4.79. The number of aromatic nitrogens is 3. The molecule has 0 saturated carbocycles. The summed E-state index contributed by atoms with van der Waals surface area (Å²) in [5.74, 6) is 1.75. The van der Waals surface area contributed by atoms with E-state index in [4.69, 9.17) is 4.99 Å². The highest BCUT2D eigenvalue weighted by Gasteiger charge is 2.18. The van der Waals surface area contributed by atoms with Gasteiger partial charge in [0.05, 0.1) is 6.54 Å². The van der Waals surface area contributed by atoms with E-state index in [-0.39, 0.29) is 24.0 Å². The van der Waals surface area contributed by atoms with E-state index >= 15 is 0 Å². The molecule has 7 heteroatoms. The number of hydrogen-bond acceptors (Lipinski definition) is 3. The van der Waals surface area contributed by atoms with Gasteiger partial charge in [-0.15, -0.1) is 24.0 Å². The van der Waals surface area contributed by atoms with Crippen molar-refractivity contribution in [1.29, 1.82) is 0 Å². The van der Waals surface area contributed by atoms with E-state index in [1.807, 2.05) is 12.1 Å². The summed E-state index contributed by atoms with van der Waals surface area (Å²) in [5, 5.41) is 10.3. The molecule has 4 rings (SSSR count). The summed E-state index contributed by atoms with van der Waals surface area (Å²) < 4.78 is 0. The Kier molecular flexibility index (Phi) is 7.02. The van der Waals surface area contributed by atoms with Crippen LogP contribution in [0.25, 0.3) is 11.4 Å². The Hall–Kier alpha value is -2.42. The Balaban J connectivity index is 0.00000225. The molecule has 2 N–H and O–H groups in total. The maximum absolute atomic E-state index is 4.89. The van der Waals surface area contributed by atoms with Crippen molar-refractivity contribution in [1.82, 2.24) is 25.4 Å². The lowest BCUT2D eigenvalue weighted by atomic mass is 10.0. The minimum absolute atomic E-state index is 0. The van der Waals surface area contributed by atoms with Gasteiger partial charge in [-0.1, -0.05) is 42.5 Å². The molecule has 0 radical (unpaired) electrons. The van der Waals surface area contributed by atoms with E-state index in [0.717, 1.165) is 49.0 Å². The number of fused-ring (bicyclic) bond motifs is 1. The molecule has 2 aromatic carbocycles. The maximum Gasteiger partial charge on any atom is 0.194 e. The SMILES string of the molecule is CCNC(=NCc1cccc(-c2ncn[nH]2)c1)N1CCc2ccccc2C1.I. The molecular formula is C21H25IN6. The summed E-state index contributed by atoms with van der Waals surface area (Å²) in [7, 11) is 0. The number of aliphatic imine (C=N–C) groups is 1. The van der Waals surface area contributed by atoms with E-state index in [1.54, 1.807) is 0 Å². The molecule has 3 aromatic rings. The molecule has 0 bridgehead atoms. The van der Waals surface area contributed by atoms with Gasteiger partial charge in [0.15, 0.2) is 11.8 Å². The molecule has 28 heavy (non-hydrogen) atoms. The Morgan fingerprint density at radius 1 is 1.18 bits per heavy atom. The molecule has 0 aliphatic carbocycles. The van der Waals surface area contributed by atoms with Crippen LogP contribution in [-0.2, 0) is 19.5 Å². The second-order valence-corrected chi connectivity index (χ2v) is 6.64. The van der Waals surface area contributed by atoms with Gasteiger partial charge in [-0.05, 0) is 36.1 Å². The molecule has 1 aromatic heterocycles. The highest BCUT2D eigenvalue weighted by Crippen LogP contribution is 2.19. The van der Waals surface area contributed by atoms with Crippen LogP contribution in [0, 0.1) is 0 Å². The molecule has 0 spiro atoms. The van der Waals surface area contributed by atoms with Crippen molar-refractivity contribution in [3.05, 3.63) is 71.5 Å². The topological polar surface area (TPSA) is 69.2 Å². The first-order valence-electron chi connectivity index (χ1n) is 9.38. The van der Waals surface area contributed by atoms with Crippen molar-refractivity contribution in [3.63, 3.8) is 0 Å². The first kappa shape index (κ1) is 20.3. The van der Waals surface area contributed by atoms with Gasteiger partial charge in [0.2, 0.25) is 0 Å². The number of benzene rings is 2. The number of aromatic amines is 1. The van der Waals surface area contributed by atoms with Crippen LogP contribution in [0.2, 0.25) is 0 Å². The third-order valence-corrected chi connectivity index (χ3v) is 4.79. The van der Waals surface area contributed by atoms with Crippen molar-refractivity contribution in [2.45, 2.75) is 26.4 Å². The maximum atomic E-state index is 4.89. The van der Waals surface area contributed by atoms with Gasteiger partial charge in [-0.3, -0.25) is 5.10 Å². The van der Waals surface area contributed by atoms with Crippen LogP contribution < -0.4 is 5.32 Å². The van der Waals surface area contributed by atoms with Gasteiger partial charge in [-0.25, -0.2) is 9.98 Å². The predicted octanol–water partition coefficient (Wildman–Crippen LogP) is 3.61. The zero-order chi connectivity index (χ0) is 18.5. The van der Waals surface area contributed by atoms with Gasteiger partial charge >= 0.3 is 0 Å². The van der Waals surface area contributed by atoms with E-state index in [2.05, 4.69) is 68.7 Å². The number of H-pyrrole nitrogens is 1. The molecular weight excluding hydrogens is 463 g/mol. The molecule has 0 fully saturated rings. The second kappa shape index (κ2) is 9.68. The Morgan fingerprint density at radius 2 is 2.04 bits per heavy atom. The van der Waals surface area contributed by atoms with Gasteiger partial charge in [0.25, 0.3) is 0 Å². The summed E-state index contributed by atoms with van der Waals surface area (Å²) in [6.45, 7) is 5.48. The monoisotopic (exact) mass is 488 g/mol. The number of nitrogens with zero attached hydrogens (tertiary/aromatic N) is 4. The normalized spacial score (nSPS) is 13.6. The zero-order valence-electron chi connectivity index (χ0n) is 15.9. The number of rotatable bonds is 4. The molecule has 0 atom stereocenters. The van der Waals surface area contributed by atoms with Crippen molar-refractivity contribution in [2.75, 3.05) is 13.1 Å². The Morgan fingerprint density at radius 3 is 2.82 bits per heavy atom. The van der Waals surface area contributed by atoms with Gasteiger partial charge in [-0.2, -0.15) is 5.10 Å². The number of nitrogens with one attached hydrogen (secondary N) is 2. The van der Waals surface area contributed by atoms with Gasteiger partial charge in [0, 0.05) is 25.2 Å². The summed E-state index contributed by atoms with van der Waals surface area (Å²) in [6, 6.07) is 16.9. The van der Waals surface area contributed by atoms with Crippen molar-refractivity contribution in [3.8, 4) is 11.4 Å². The average molecular weight is 488 g/mol. The molecule has 0 saturated heterocycles. The fourth-order valence-electron chi connectivity index (χ4n) is 3.43. The van der Waals surface area contributed by atoms with Crippen LogP contribution in [0.4, 0.5) is 0 Å². The smallest absolute Gasteiger partial charge is 0.194 e. The Bertz CT molecular complexity index is 922. The number of halogens is 1. The van der Waals surface area contributed by atoms with Crippen LogP contribution in [-0.4, -0.2) is 39.1 Å². The number of hydrogen-bond donors (Lipinski definition) is 2. The summed E-state index contributed by atoms with van der Waals surface area (Å²) in [5.41, 5.74) is 5.01. The van der Waals surface area contributed by atoms with Crippen LogP contribution in [0.1, 0.15) is 23.6 Å². The first-order valence-corrected chi connectivity index (χ1v) is 9.38. The lowest BCUT2D eigenvalue weighted by molar-refractivity contribution is 0.378. The predicted molar refractivity (Wildman–Crippen MR) is 123 cm³/mol. The summed E-state index contributed by atoms with van der Waals surface area (Å²) in [6.07, 6.45) is 2.58. The minimum Gasteiger partial charge on any atom is -0.356 e. The van der Waals surface area contributed by atoms with Crippen molar-refractivity contribution < 1.29 is 0 Å². The third kappa shape index (κ3) is 4.70. The zero-order valence-corrected chi connectivity index (χ0v) is 18.3. The fraction of sp³-hybridized carbons (Fsp3) is 0.286. The second-order valence-electron chi connectivity index (χ2n) is 6.64. The quantitative estimate of drug-likeness (QED) is 0.335. The summed E-state index contributed by atoms with van der Waals surface area (Å²) in [4.78, 5) is 11.5. The summed E-state index contributed by atoms with van der Waals surface area (Å²) >= 11 is 0. The van der Waals surface area contributed by atoms with Crippen LogP contribution in [0.3, 0.4) is 0 Å². The van der Waals surface area contributed by atoms with Crippen molar-refractivity contribution in [2.24, 2.45) is 4.99 Å². The largest absolute Gasteiger partial charge is 0.356 e. The molecule has 1 aliphatic heterocycles. The van der Waals surface area contributed by atoms with Crippen LogP contribution in [0.15, 0.2) is 59.9 Å². The molecule has 6 nitrogen and oxygen atoms in total. The van der Waals surface area contributed by atoms with E-state index < -0.39 is 0 Å².